The molecule has 0 saturated heterocycles. The van der Waals surface area contributed by atoms with Crippen molar-refractivity contribution in [2.45, 2.75) is 37.8 Å². The van der Waals surface area contributed by atoms with Crippen LogP contribution >= 0.6 is 0 Å². The summed E-state index contributed by atoms with van der Waals surface area (Å²) in [6.45, 7) is 0.404. The van der Waals surface area contributed by atoms with Crippen molar-refractivity contribution in [3.05, 3.63) is 12.7 Å². The van der Waals surface area contributed by atoms with E-state index in [9.17, 15) is 9.59 Å². The fourth-order valence-corrected chi connectivity index (χ4v) is 1.82. The number of amides is 1. The molecule has 1 fully saturated rings. The van der Waals surface area contributed by atoms with Crippen LogP contribution in [0.15, 0.2) is 12.7 Å². The van der Waals surface area contributed by atoms with E-state index < -0.39 is 11.5 Å². The van der Waals surface area contributed by atoms with Crippen LogP contribution in [-0.4, -0.2) is 37.3 Å². The van der Waals surface area contributed by atoms with Crippen molar-refractivity contribution < 1.29 is 14.7 Å². The van der Waals surface area contributed by atoms with Crippen molar-refractivity contribution in [2.24, 2.45) is 0 Å². The van der Waals surface area contributed by atoms with Gasteiger partial charge in [0.05, 0.1) is 6.54 Å². The third-order valence-corrected chi connectivity index (χ3v) is 3.03. The second-order valence-corrected chi connectivity index (χ2v) is 4.20. The lowest BCUT2D eigenvalue weighted by Crippen LogP contribution is -2.59. The third kappa shape index (κ3) is 2.43. The molecular weight excluding hydrogens is 224 g/mol. The number of rotatable bonds is 5. The minimum absolute atomic E-state index is 0.207. The quantitative estimate of drug-likeness (QED) is 0.739. The minimum atomic E-state index is -1.03. The van der Waals surface area contributed by atoms with Crippen LogP contribution in [0.3, 0.4) is 0 Å². The summed E-state index contributed by atoms with van der Waals surface area (Å²) in [5.41, 5.74) is -1.03. The van der Waals surface area contributed by atoms with Gasteiger partial charge < -0.3 is 10.4 Å². The van der Waals surface area contributed by atoms with Gasteiger partial charge in [-0.1, -0.05) is 0 Å². The summed E-state index contributed by atoms with van der Waals surface area (Å²) in [5.74, 6) is -1.21. The molecule has 1 aliphatic carbocycles. The number of carboxylic acids is 1. The Morgan fingerprint density at radius 2 is 2.24 bits per heavy atom. The predicted octanol–water partition coefficient (Wildman–Crippen LogP) is -0.208. The van der Waals surface area contributed by atoms with Gasteiger partial charge in [0.15, 0.2) is 0 Å². The van der Waals surface area contributed by atoms with Crippen molar-refractivity contribution in [1.29, 1.82) is 0 Å². The van der Waals surface area contributed by atoms with Crippen molar-refractivity contribution in [1.82, 2.24) is 20.1 Å². The Balaban J connectivity index is 1.83. The zero-order valence-corrected chi connectivity index (χ0v) is 9.30. The molecular formula is C10H14N4O3. The van der Waals surface area contributed by atoms with Gasteiger partial charge in [0.25, 0.3) is 0 Å². The highest BCUT2D eigenvalue weighted by molar-refractivity contribution is 5.87. The van der Waals surface area contributed by atoms with E-state index in [0.29, 0.717) is 19.4 Å². The molecule has 1 amide bonds. The third-order valence-electron chi connectivity index (χ3n) is 3.03. The second kappa shape index (κ2) is 4.52. The predicted molar refractivity (Wildman–Crippen MR) is 57.0 cm³/mol. The van der Waals surface area contributed by atoms with Gasteiger partial charge in [-0.3, -0.25) is 9.48 Å². The fraction of sp³-hybridized carbons (Fsp3) is 0.600. The summed E-state index contributed by atoms with van der Waals surface area (Å²) >= 11 is 0. The summed E-state index contributed by atoms with van der Waals surface area (Å²) in [5, 5.41) is 15.5. The molecule has 2 N–H and O–H groups in total. The maximum atomic E-state index is 11.6. The van der Waals surface area contributed by atoms with Gasteiger partial charge in [-0.2, -0.15) is 5.10 Å². The van der Waals surface area contributed by atoms with Gasteiger partial charge in [0.2, 0.25) is 5.91 Å². The molecule has 1 aromatic heterocycles. The van der Waals surface area contributed by atoms with E-state index in [-0.39, 0.29) is 12.3 Å². The SMILES string of the molecule is O=C(CCn1cncn1)NC1(C(=O)O)CCC1. The number of aromatic nitrogens is 3. The van der Waals surface area contributed by atoms with E-state index in [4.69, 9.17) is 5.11 Å². The van der Waals surface area contributed by atoms with Crippen LogP contribution in [0.25, 0.3) is 0 Å². The lowest BCUT2D eigenvalue weighted by atomic mass is 9.76. The average Bonchev–Trinajstić information content (AvgIpc) is 2.72. The lowest BCUT2D eigenvalue weighted by molar-refractivity contribution is -0.151. The second-order valence-electron chi connectivity index (χ2n) is 4.20. The molecule has 0 unspecified atom stereocenters. The molecule has 2 rings (SSSR count). The number of hydrogen-bond acceptors (Lipinski definition) is 4. The first kappa shape index (κ1) is 11.6. The summed E-state index contributed by atoms with van der Waals surface area (Å²) in [6, 6.07) is 0. The molecule has 0 spiro atoms. The maximum absolute atomic E-state index is 11.6. The Labute approximate surface area is 97.8 Å². The molecule has 7 nitrogen and oxygen atoms in total. The first-order valence-electron chi connectivity index (χ1n) is 5.49. The molecule has 0 aromatic carbocycles. The van der Waals surface area contributed by atoms with Gasteiger partial charge in [-0.25, -0.2) is 9.78 Å². The molecule has 0 bridgehead atoms. The van der Waals surface area contributed by atoms with Crippen molar-refractivity contribution in [3.63, 3.8) is 0 Å². The monoisotopic (exact) mass is 238 g/mol. The lowest BCUT2D eigenvalue weighted by Gasteiger charge is -2.38. The van der Waals surface area contributed by atoms with Gasteiger partial charge in [0, 0.05) is 6.42 Å². The van der Waals surface area contributed by atoms with E-state index in [0.717, 1.165) is 6.42 Å². The standard InChI is InChI=1S/C10H14N4O3/c15-8(2-5-14-7-11-6-12-14)13-10(9(16)17)3-1-4-10/h6-7H,1-5H2,(H,13,15)(H,16,17). The maximum Gasteiger partial charge on any atom is 0.329 e. The highest BCUT2D eigenvalue weighted by atomic mass is 16.4. The Morgan fingerprint density at radius 3 is 2.71 bits per heavy atom. The van der Waals surface area contributed by atoms with E-state index in [1.54, 1.807) is 0 Å². The molecule has 92 valence electrons. The molecule has 1 aromatic rings. The highest BCUT2D eigenvalue weighted by Gasteiger charge is 2.45. The number of carbonyl (C=O) groups excluding carboxylic acids is 1. The van der Waals surface area contributed by atoms with Crippen LogP contribution in [0.4, 0.5) is 0 Å². The highest BCUT2D eigenvalue weighted by Crippen LogP contribution is 2.32. The summed E-state index contributed by atoms with van der Waals surface area (Å²) in [4.78, 5) is 26.4. The van der Waals surface area contributed by atoms with Crippen LogP contribution in [0.2, 0.25) is 0 Å². The Morgan fingerprint density at radius 1 is 1.47 bits per heavy atom. The Hall–Kier alpha value is -1.92. The smallest absolute Gasteiger partial charge is 0.329 e. The average molecular weight is 238 g/mol. The van der Waals surface area contributed by atoms with Crippen LogP contribution in [-0.2, 0) is 16.1 Å². The van der Waals surface area contributed by atoms with Gasteiger partial charge in [-0.05, 0) is 19.3 Å². The molecule has 17 heavy (non-hydrogen) atoms. The van der Waals surface area contributed by atoms with Crippen LogP contribution in [0.1, 0.15) is 25.7 Å². The topological polar surface area (TPSA) is 97.1 Å². The molecule has 0 atom stereocenters. The van der Waals surface area contributed by atoms with Crippen LogP contribution in [0.5, 0.6) is 0 Å². The summed E-state index contributed by atoms with van der Waals surface area (Å²) in [6.07, 6.45) is 4.98. The summed E-state index contributed by atoms with van der Waals surface area (Å²) in [7, 11) is 0. The van der Waals surface area contributed by atoms with E-state index >= 15 is 0 Å². The van der Waals surface area contributed by atoms with Gasteiger partial charge >= 0.3 is 5.97 Å². The normalized spacial score (nSPS) is 17.2. The number of carboxylic acid groups (broad SMARTS) is 1. The van der Waals surface area contributed by atoms with Crippen LogP contribution in [0, 0.1) is 0 Å². The molecule has 1 aliphatic rings. The van der Waals surface area contributed by atoms with Gasteiger partial charge in [-0.15, -0.1) is 0 Å². The molecule has 1 heterocycles. The zero-order chi connectivity index (χ0) is 12.3. The van der Waals surface area contributed by atoms with Crippen molar-refractivity contribution in [3.8, 4) is 0 Å². The first-order chi connectivity index (χ1) is 8.12. The minimum Gasteiger partial charge on any atom is -0.480 e. The van der Waals surface area contributed by atoms with E-state index in [1.807, 2.05) is 0 Å². The number of aliphatic carboxylic acids is 1. The number of hydrogen-bond donors (Lipinski definition) is 2. The molecule has 0 aliphatic heterocycles. The number of nitrogens with one attached hydrogen (secondary N) is 1. The van der Waals surface area contributed by atoms with Crippen molar-refractivity contribution >= 4 is 11.9 Å². The number of carbonyl (C=O) groups is 2. The van der Waals surface area contributed by atoms with E-state index in [1.165, 1.54) is 17.3 Å². The Bertz CT molecular complexity index is 411. The first-order valence-corrected chi connectivity index (χ1v) is 5.49. The number of nitrogens with zero attached hydrogens (tertiary/aromatic N) is 3. The molecule has 0 radical (unpaired) electrons. The largest absolute Gasteiger partial charge is 0.480 e. The Kier molecular flexibility index (Phi) is 3.08. The van der Waals surface area contributed by atoms with Gasteiger partial charge in [0.1, 0.15) is 18.2 Å². The van der Waals surface area contributed by atoms with Crippen LogP contribution < -0.4 is 5.32 Å². The van der Waals surface area contributed by atoms with E-state index in [2.05, 4.69) is 15.4 Å². The molecule has 1 saturated carbocycles. The van der Waals surface area contributed by atoms with Crippen molar-refractivity contribution in [2.75, 3.05) is 0 Å². The summed E-state index contributed by atoms with van der Waals surface area (Å²) < 4.78 is 1.54. The fourth-order valence-electron chi connectivity index (χ4n) is 1.82. The zero-order valence-electron chi connectivity index (χ0n) is 9.30. The molecule has 7 heteroatoms. The number of aryl methyl sites for hydroxylation is 1.